The van der Waals surface area contributed by atoms with Crippen LogP contribution < -0.4 is 5.32 Å². The van der Waals surface area contributed by atoms with E-state index in [0.29, 0.717) is 10.7 Å². The summed E-state index contributed by atoms with van der Waals surface area (Å²) in [4.78, 5) is 8.89. The molecule has 0 saturated heterocycles. The molecule has 0 bridgehead atoms. The fraction of sp³-hybridized carbons (Fsp3) is 0.500. The van der Waals surface area contributed by atoms with Gasteiger partial charge in [0.2, 0.25) is 10.7 Å². The van der Waals surface area contributed by atoms with Crippen LogP contribution in [0.2, 0.25) is 0 Å². The Labute approximate surface area is 144 Å². The summed E-state index contributed by atoms with van der Waals surface area (Å²) in [6, 6.07) is 6.40. The van der Waals surface area contributed by atoms with Crippen molar-refractivity contribution in [2.24, 2.45) is 0 Å². The number of para-hydroxylation sites is 1. The van der Waals surface area contributed by atoms with Gasteiger partial charge in [-0.1, -0.05) is 51.8 Å². The van der Waals surface area contributed by atoms with E-state index in [1.54, 1.807) is 6.33 Å². The number of aromatic nitrogens is 3. The van der Waals surface area contributed by atoms with Crippen LogP contribution in [0.3, 0.4) is 0 Å². The zero-order chi connectivity index (χ0) is 16.7. The number of hydrogen-bond acceptors (Lipinski definition) is 4. The van der Waals surface area contributed by atoms with Crippen LogP contribution in [0, 0.1) is 4.77 Å². The van der Waals surface area contributed by atoms with E-state index in [9.17, 15) is 0 Å². The predicted octanol–water partition coefficient (Wildman–Crippen LogP) is 4.72. The SMILES string of the molecule is CCCCCNc1ncn(-c2c(CC)cccc2CC)c(=S)n1. The highest BCUT2D eigenvalue weighted by molar-refractivity contribution is 7.71. The van der Waals surface area contributed by atoms with E-state index >= 15 is 0 Å². The van der Waals surface area contributed by atoms with Gasteiger partial charge in [-0.05, 0) is 42.6 Å². The molecule has 2 rings (SSSR count). The lowest BCUT2D eigenvalue weighted by Gasteiger charge is -2.16. The summed E-state index contributed by atoms with van der Waals surface area (Å²) in [7, 11) is 0. The Morgan fingerprint density at radius 1 is 1.09 bits per heavy atom. The van der Waals surface area contributed by atoms with E-state index in [1.165, 1.54) is 24.0 Å². The largest absolute Gasteiger partial charge is 0.354 e. The van der Waals surface area contributed by atoms with Gasteiger partial charge in [0.15, 0.2) is 0 Å². The Morgan fingerprint density at radius 3 is 2.35 bits per heavy atom. The minimum absolute atomic E-state index is 0.550. The van der Waals surface area contributed by atoms with Gasteiger partial charge < -0.3 is 5.32 Å². The van der Waals surface area contributed by atoms with E-state index in [4.69, 9.17) is 12.2 Å². The molecule has 0 saturated carbocycles. The van der Waals surface area contributed by atoms with Gasteiger partial charge >= 0.3 is 0 Å². The highest BCUT2D eigenvalue weighted by Crippen LogP contribution is 2.21. The molecule has 0 unspecified atom stereocenters. The molecule has 0 aliphatic heterocycles. The van der Waals surface area contributed by atoms with Crippen molar-refractivity contribution in [2.75, 3.05) is 11.9 Å². The summed E-state index contributed by atoms with van der Waals surface area (Å²) in [5, 5.41) is 3.25. The third-order valence-corrected chi connectivity index (χ3v) is 4.26. The molecule has 23 heavy (non-hydrogen) atoms. The molecule has 0 fully saturated rings. The summed E-state index contributed by atoms with van der Waals surface area (Å²) in [5.41, 5.74) is 3.68. The summed E-state index contributed by atoms with van der Waals surface area (Å²) < 4.78 is 2.48. The summed E-state index contributed by atoms with van der Waals surface area (Å²) in [6.45, 7) is 7.40. The molecule has 4 nitrogen and oxygen atoms in total. The third kappa shape index (κ3) is 4.38. The van der Waals surface area contributed by atoms with E-state index in [0.717, 1.165) is 31.5 Å². The molecule has 0 atom stereocenters. The second-order valence-electron chi connectivity index (χ2n) is 5.60. The van der Waals surface area contributed by atoms with Crippen molar-refractivity contribution in [1.82, 2.24) is 14.5 Å². The normalized spacial score (nSPS) is 10.7. The smallest absolute Gasteiger partial charge is 0.226 e. The average molecular weight is 331 g/mol. The van der Waals surface area contributed by atoms with Crippen molar-refractivity contribution in [3.8, 4) is 5.69 Å². The second-order valence-corrected chi connectivity index (χ2v) is 5.96. The standard InChI is InChI=1S/C18H26N4S/c1-4-7-8-12-19-17-20-13-22(18(23)21-17)16-14(5-2)10-9-11-15(16)6-3/h9-11,13H,4-8,12H2,1-3H3,(H,19,21,23). The number of hydrogen-bond donors (Lipinski definition) is 1. The van der Waals surface area contributed by atoms with Crippen molar-refractivity contribution < 1.29 is 0 Å². The molecule has 2 aromatic rings. The number of unbranched alkanes of at least 4 members (excludes halogenated alkanes) is 2. The third-order valence-electron chi connectivity index (χ3n) is 3.97. The van der Waals surface area contributed by atoms with Gasteiger partial charge in [0, 0.05) is 6.54 Å². The maximum Gasteiger partial charge on any atom is 0.226 e. The van der Waals surface area contributed by atoms with Crippen LogP contribution in [-0.2, 0) is 12.8 Å². The Hall–Kier alpha value is -1.75. The molecule has 0 aliphatic carbocycles. The maximum atomic E-state index is 5.51. The first-order valence-electron chi connectivity index (χ1n) is 8.51. The molecule has 0 amide bonds. The van der Waals surface area contributed by atoms with Gasteiger partial charge in [-0.15, -0.1) is 0 Å². The summed E-state index contributed by atoms with van der Waals surface area (Å²) >= 11 is 5.51. The average Bonchev–Trinajstić information content (AvgIpc) is 2.58. The minimum Gasteiger partial charge on any atom is -0.354 e. The van der Waals surface area contributed by atoms with E-state index in [2.05, 4.69) is 54.3 Å². The predicted molar refractivity (Wildman–Crippen MR) is 99.0 cm³/mol. The Kier molecular flexibility index (Phi) is 6.71. The van der Waals surface area contributed by atoms with E-state index in [-0.39, 0.29) is 0 Å². The van der Waals surface area contributed by atoms with Crippen molar-refractivity contribution in [1.29, 1.82) is 0 Å². The van der Waals surface area contributed by atoms with Crippen molar-refractivity contribution in [2.45, 2.75) is 52.9 Å². The monoisotopic (exact) mass is 330 g/mol. The Bertz CT molecular complexity index is 671. The topological polar surface area (TPSA) is 42.7 Å². The molecule has 0 aliphatic rings. The molecule has 0 spiro atoms. The highest BCUT2D eigenvalue weighted by Gasteiger charge is 2.10. The molecule has 5 heteroatoms. The lowest BCUT2D eigenvalue weighted by molar-refractivity contribution is 0.738. The van der Waals surface area contributed by atoms with Crippen LogP contribution in [0.1, 0.15) is 51.2 Å². The van der Waals surface area contributed by atoms with Crippen molar-refractivity contribution in [3.05, 3.63) is 40.4 Å². The van der Waals surface area contributed by atoms with Crippen molar-refractivity contribution >= 4 is 18.2 Å². The second kappa shape index (κ2) is 8.77. The number of nitrogens with zero attached hydrogens (tertiary/aromatic N) is 3. The van der Waals surface area contributed by atoms with Gasteiger partial charge in [0.05, 0.1) is 5.69 Å². The van der Waals surface area contributed by atoms with Crippen LogP contribution in [0.4, 0.5) is 5.95 Å². The lowest BCUT2D eigenvalue weighted by atomic mass is 10.0. The Balaban J connectivity index is 2.30. The molecular weight excluding hydrogens is 304 g/mol. The quantitative estimate of drug-likeness (QED) is 0.561. The molecule has 1 aromatic heterocycles. The number of benzene rings is 1. The van der Waals surface area contributed by atoms with Gasteiger partial charge in [-0.3, -0.25) is 4.57 Å². The zero-order valence-electron chi connectivity index (χ0n) is 14.3. The summed E-state index contributed by atoms with van der Waals surface area (Å²) in [5.74, 6) is 0.620. The first-order chi connectivity index (χ1) is 11.2. The fourth-order valence-electron chi connectivity index (χ4n) is 2.67. The van der Waals surface area contributed by atoms with Gasteiger partial charge in [0.1, 0.15) is 6.33 Å². The fourth-order valence-corrected chi connectivity index (χ4v) is 2.90. The number of aryl methyl sites for hydroxylation is 2. The number of nitrogens with one attached hydrogen (secondary N) is 1. The van der Waals surface area contributed by atoms with Crippen LogP contribution in [-0.4, -0.2) is 21.1 Å². The first-order valence-corrected chi connectivity index (χ1v) is 8.92. The highest BCUT2D eigenvalue weighted by atomic mass is 32.1. The molecule has 1 heterocycles. The molecule has 124 valence electrons. The van der Waals surface area contributed by atoms with Crippen LogP contribution in [0.15, 0.2) is 24.5 Å². The molecular formula is C18H26N4S. The van der Waals surface area contributed by atoms with Crippen LogP contribution in [0.5, 0.6) is 0 Å². The Morgan fingerprint density at radius 2 is 1.78 bits per heavy atom. The lowest BCUT2D eigenvalue weighted by Crippen LogP contribution is -2.11. The van der Waals surface area contributed by atoms with Gasteiger partial charge in [-0.2, -0.15) is 4.98 Å². The molecule has 1 N–H and O–H groups in total. The van der Waals surface area contributed by atoms with Crippen molar-refractivity contribution in [3.63, 3.8) is 0 Å². The summed E-state index contributed by atoms with van der Waals surface area (Å²) in [6.07, 6.45) is 7.26. The van der Waals surface area contributed by atoms with Gasteiger partial charge in [0.25, 0.3) is 0 Å². The number of rotatable bonds is 8. The molecule has 1 aromatic carbocycles. The van der Waals surface area contributed by atoms with Crippen LogP contribution in [0.25, 0.3) is 5.69 Å². The van der Waals surface area contributed by atoms with Crippen LogP contribution >= 0.6 is 12.2 Å². The minimum atomic E-state index is 0.550. The number of anilines is 1. The maximum absolute atomic E-state index is 5.51. The zero-order valence-corrected chi connectivity index (χ0v) is 15.1. The van der Waals surface area contributed by atoms with E-state index < -0.39 is 0 Å². The van der Waals surface area contributed by atoms with E-state index in [1.807, 2.05) is 4.57 Å². The first kappa shape index (κ1) is 17.6. The molecule has 0 radical (unpaired) electrons. The van der Waals surface area contributed by atoms with Gasteiger partial charge in [-0.25, -0.2) is 4.98 Å².